The smallest absolute Gasteiger partial charge is 0.253 e. The maximum Gasteiger partial charge on any atom is 0.253 e. The van der Waals surface area contributed by atoms with Crippen LogP contribution in [0.2, 0.25) is 0 Å². The van der Waals surface area contributed by atoms with Crippen molar-refractivity contribution in [2.45, 2.75) is 31.8 Å². The molecule has 1 aliphatic carbocycles. The summed E-state index contributed by atoms with van der Waals surface area (Å²) in [5.41, 5.74) is 0.733. The lowest BCUT2D eigenvalue weighted by molar-refractivity contribution is -0.126. The summed E-state index contributed by atoms with van der Waals surface area (Å²) in [5.74, 6) is 0.187. The predicted octanol–water partition coefficient (Wildman–Crippen LogP) is 2.26. The van der Waals surface area contributed by atoms with E-state index < -0.39 is 0 Å². The van der Waals surface area contributed by atoms with Crippen LogP contribution >= 0.6 is 0 Å². The molecule has 1 saturated heterocycles. The summed E-state index contributed by atoms with van der Waals surface area (Å²) >= 11 is 0. The Morgan fingerprint density at radius 1 is 1.00 bits per heavy atom. The van der Waals surface area contributed by atoms with Crippen LogP contribution in [0.25, 0.3) is 10.8 Å². The number of hydrogen-bond donors (Lipinski definition) is 1. The van der Waals surface area contributed by atoms with Crippen molar-refractivity contribution in [2.24, 2.45) is 0 Å². The number of fused-ring (bicyclic) bond motifs is 1. The molecule has 0 aromatic heterocycles. The SMILES string of the molecule is C[C@H](C(=O)NC1CC1)N1CCN(C(=O)c2ccc3ccccc3c2)CC1. The van der Waals surface area contributed by atoms with E-state index in [9.17, 15) is 9.59 Å². The number of nitrogens with zero attached hydrogens (tertiary/aromatic N) is 2. The number of piperazine rings is 1. The molecule has 1 N–H and O–H groups in total. The van der Waals surface area contributed by atoms with E-state index in [4.69, 9.17) is 0 Å². The lowest BCUT2D eigenvalue weighted by atomic mass is 10.1. The molecule has 1 aliphatic heterocycles. The Morgan fingerprint density at radius 2 is 1.69 bits per heavy atom. The monoisotopic (exact) mass is 351 g/mol. The predicted molar refractivity (Wildman–Crippen MR) is 102 cm³/mol. The van der Waals surface area contributed by atoms with Gasteiger partial charge in [0.25, 0.3) is 5.91 Å². The lowest BCUT2D eigenvalue weighted by Gasteiger charge is -2.37. The zero-order chi connectivity index (χ0) is 18.1. The van der Waals surface area contributed by atoms with Gasteiger partial charge in [-0.25, -0.2) is 0 Å². The van der Waals surface area contributed by atoms with Crippen LogP contribution in [0.3, 0.4) is 0 Å². The molecule has 2 fully saturated rings. The van der Waals surface area contributed by atoms with Gasteiger partial charge in [-0.05, 0) is 42.7 Å². The molecule has 0 unspecified atom stereocenters. The molecule has 1 saturated carbocycles. The third-order valence-corrected chi connectivity index (χ3v) is 5.45. The first-order valence-corrected chi connectivity index (χ1v) is 9.44. The van der Waals surface area contributed by atoms with Gasteiger partial charge in [-0.3, -0.25) is 14.5 Å². The van der Waals surface area contributed by atoms with E-state index in [0.29, 0.717) is 19.1 Å². The molecule has 0 bridgehead atoms. The maximum absolute atomic E-state index is 12.8. The van der Waals surface area contributed by atoms with Crippen molar-refractivity contribution in [3.63, 3.8) is 0 Å². The van der Waals surface area contributed by atoms with Crippen molar-refractivity contribution in [3.05, 3.63) is 48.0 Å². The van der Waals surface area contributed by atoms with Gasteiger partial charge >= 0.3 is 0 Å². The molecule has 26 heavy (non-hydrogen) atoms. The number of hydrogen-bond acceptors (Lipinski definition) is 3. The molecule has 2 aromatic rings. The van der Waals surface area contributed by atoms with Crippen LogP contribution in [0.15, 0.2) is 42.5 Å². The second kappa shape index (κ2) is 7.08. The Morgan fingerprint density at radius 3 is 2.38 bits per heavy atom. The quantitative estimate of drug-likeness (QED) is 0.919. The molecule has 5 heteroatoms. The minimum Gasteiger partial charge on any atom is -0.352 e. The summed E-state index contributed by atoms with van der Waals surface area (Å²) in [6.07, 6.45) is 2.21. The van der Waals surface area contributed by atoms with Crippen LogP contribution in [0.4, 0.5) is 0 Å². The van der Waals surface area contributed by atoms with Crippen LogP contribution in [0.5, 0.6) is 0 Å². The topological polar surface area (TPSA) is 52.7 Å². The third-order valence-electron chi connectivity index (χ3n) is 5.45. The Hall–Kier alpha value is -2.40. The molecule has 4 rings (SSSR count). The highest BCUT2D eigenvalue weighted by molar-refractivity contribution is 5.98. The second-order valence-corrected chi connectivity index (χ2v) is 7.35. The van der Waals surface area contributed by atoms with E-state index in [-0.39, 0.29) is 17.9 Å². The highest BCUT2D eigenvalue weighted by atomic mass is 16.2. The summed E-state index contributed by atoms with van der Waals surface area (Å²) in [5, 5.41) is 5.30. The van der Waals surface area contributed by atoms with Crippen LogP contribution in [-0.2, 0) is 4.79 Å². The van der Waals surface area contributed by atoms with Crippen molar-refractivity contribution in [1.82, 2.24) is 15.1 Å². The molecular weight excluding hydrogens is 326 g/mol. The largest absolute Gasteiger partial charge is 0.352 e. The van der Waals surface area contributed by atoms with Crippen molar-refractivity contribution >= 4 is 22.6 Å². The third kappa shape index (κ3) is 3.58. The number of nitrogens with one attached hydrogen (secondary N) is 1. The number of carbonyl (C=O) groups is 2. The van der Waals surface area contributed by atoms with Gasteiger partial charge in [0.2, 0.25) is 5.91 Å². The van der Waals surface area contributed by atoms with Gasteiger partial charge < -0.3 is 10.2 Å². The lowest BCUT2D eigenvalue weighted by Crippen LogP contribution is -2.55. The minimum absolute atomic E-state index is 0.0745. The highest BCUT2D eigenvalue weighted by Gasteiger charge is 2.31. The van der Waals surface area contributed by atoms with Crippen molar-refractivity contribution in [3.8, 4) is 0 Å². The molecule has 136 valence electrons. The molecule has 1 atom stereocenters. The van der Waals surface area contributed by atoms with Crippen molar-refractivity contribution in [2.75, 3.05) is 26.2 Å². The van der Waals surface area contributed by atoms with Gasteiger partial charge in [-0.1, -0.05) is 30.3 Å². The molecule has 2 aromatic carbocycles. The molecule has 0 radical (unpaired) electrons. The fraction of sp³-hybridized carbons (Fsp3) is 0.429. The second-order valence-electron chi connectivity index (χ2n) is 7.35. The number of carbonyl (C=O) groups excluding carboxylic acids is 2. The van der Waals surface area contributed by atoms with E-state index in [1.807, 2.05) is 48.2 Å². The molecule has 5 nitrogen and oxygen atoms in total. The Balaban J connectivity index is 1.37. The molecule has 0 spiro atoms. The van der Waals surface area contributed by atoms with Crippen LogP contribution in [0, 0.1) is 0 Å². The van der Waals surface area contributed by atoms with Gasteiger partial charge in [0.15, 0.2) is 0 Å². The standard InChI is InChI=1S/C21H25N3O2/c1-15(20(25)22-19-8-9-19)23-10-12-24(13-11-23)21(26)18-7-6-16-4-2-3-5-17(16)14-18/h2-7,14-15,19H,8-13H2,1H3,(H,22,25)/t15-/m1/s1. The summed E-state index contributed by atoms with van der Waals surface area (Å²) in [6.45, 7) is 4.75. The molecule has 2 amide bonds. The zero-order valence-corrected chi connectivity index (χ0v) is 15.1. The van der Waals surface area contributed by atoms with Gasteiger partial charge in [0, 0.05) is 37.8 Å². The highest BCUT2D eigenvalue weighted by Crippen LogP contribution is 2.20. The summed E-state index contributed by atoms with van der Waals surface area (Å²) in [7, 11) is 0. The fourth-order valence-electron chi connectivity index (χ4n) is 3.53. The summed E-state index contributed by atoms with van der Waals surface area (Å²) < 4.78 is 0. The Labute approximate surface area is 154 Å². The van der Waals surface area contributed by atoms with Gasteiger partial charge in [0.1, 0.15) is 0 Å². The van der Waals surface area contributed by atoms with E-state index in [1.54, 1.807) is 0 Å². The average Bonchev–Trinajstić information content (AvgIpc) is 3.50. The average molecular weight is 351 g/mol. The normalized spacial score (nSPS) is 19.3. The molecular formula is C21H25N3O2. The maximum atomic E-state index is 12.8. The first-order valence-electron chi connectivity index (χ1n) is 9.44. The molecule has 2 aliphatic rings. The number of rotatable bonds is 4. The van der Waals surface area contributed by atoms with Crippen LogP contribution in [-0.4, -0.2) is 59.9 Å². The number of benzene rings is 2. The van der Waals surface area contributed by atoms with E-state index in [0.717, 1.165) is 42.3 Å². The summed E-state index contributed by atoms with van der Waals surface area (Å²) in [4.78, 5) is 29.1. The minimum atomic E-state index is -0.131. The van der Waals surface area contributed by atoms with Gasteiger partial charge in [-0.15, -0.1) is 0 Å². The van der Waals surface area contributed by atoms with E-state index >= 15 is 0 Å². The fourth-order valence-corrected chi connectivity index (χ4v) is 3.53. The first kappa shape index (κ1) is 17.0. The van der Waals surface area contributed by atoms with E-state index in [1.165, 1.54) is 0 Å². The van der Waals surface area contributed by atoms with Gasteiger partial charge in [0.05, 0.1) is 6.04 Å². The zero-order valence-electron chi connectivity index (χ0n) is 15.1. The number of amides is 2. The molecule has 1 heterocycles. The summed E-state index contributed by atoms with van der Waals surface area (Å²) in [6, 6.07) is 14.2. The van der Waals surface area contributed by atoms with Crippen molar-refractivity contribution in [1.29, 1.82) is 0 Å². The Kier molecular flexibility index (Phi) is 4.64. The Bertz CT molecular complexity index is 823. The van der Waals surface area contributed by atoms with Crippen LogP contribution in [0.1, 0.15) is 30.1 Å². The van der Waals surface area contributed by atoms with Crippen LogP contribution < -0.4 is 5.32 Å². The van der Waals surface area contributed by atoms with Crippen molar-refractivity contribution < 1.29 is 9.59 Å². The first-order chi connectivity index (χ1) is 12.6. The van der Waals surface area contributed by atoms with Gasteiger partial charge in [-0.2, -0.15) is 0 Å². The van der Waals surface area contributed by atoms with E-state index in [2.05, 4.69) is 16.3 Å².